The molecule has 0 bridgehead atoms. The van der Waals surface area contributed by atoms with Gasteiger partial charge in [-0.2, -0.15) is 5.26 Å². The Morgan fingerprint density at radius 1 is 0.962 bits per heavy atom. The second kappa shape index (κ2) is 7.45. The summed E-state index contributed by atoms with van der Waals surface area (Å²) in [5, 5.41) is 22.8. The summed E-state index contributed by atoms with van der Waals surface area (Å²) in [4.78, 5) is 12.3. The van der Waals surface area contributed by atoms with Crippen LogP contribution < -0.4 is 10.6 Å². The zero-order chi connectivity index (χ0) is 18.5. The van der Waals surface area contributed by atoms with E-state index in [0.717, 1.165) is 16.9 Å². The maximum atomic E-state index is 12.3. The summed E-state index contributed by atoms with van der Waals surface area (Å²) in [6.07, 6.45) is 0. The first kappa shape index (κ1) is 17.1. The van der Waals surface area contributed by atoms with Crippen LogP contribution in [0.1, 0.15) is 27.2 Å². The summed E-state index contributed by atoms with van der Waals surface area (Å²) in [5.74, 6) is 0.168. The van der Waals surface area contributed by atoms with E-state index in [0.29, 0.717) is 11.4 Å². The van der Waals surface area contributed by atoms with Crippen LogP contribution in [0.5, 0.6) is 0 Å². The van der Waals surface area contributed by atoms with Gasteiger partial charge in [0.2, 0.25) is 0 Å². The topological polar surface area (TPSA) is 90.7 Å². The molecule has 3 rings (SSSR count). The fourth-order valence-corrected chi connectivity index (χ4v) is 2.35. The van der Waals surface area contributed by atoms with Crippen LogP contribution in [0, 0.1) is 25.2 Å². The molecule has 2 N–H and O–H groups in total. The van der Waals surface area contributed by atoms with Crippen LogP contribution in [0.2, 0.25) is 0 Å². The van der Waals surface area contributed by atoms with Crippen LogP contribution in [0.4, 0.5) is 17.2 Å². The molecule has 0 spiro atoms. The molecule has 0 saturated carbocycles. The second-order valence-electron chi connectivity index (χ2n) is 5.87. The van der Waals surface area contributed by atoms with E-state index in [9.17, 15) is 4.79 Å². The van der Waals surface area contributed by atoms with E-state index in [2.05, 4.69) is 26.9 Å². The highest BCUT2D eigenvalue weighted by molar-refractivity contribution is 6.02. The molecule has 1 amide bonds. The minimum Gasteiger partial charge on any atom is -0.339 e. The van der Waals surface area contributed by atoms with Gasteiger partial charge in [-0.25, -0.2) is 0 Å². The number of nitriles is 1. The first-order valence-electron chi connectivity index (χ1n) is 8.05. The lowest BCUT2D eigenvalue weighted by Crippen LogP contribution is -2.14. The van der Waals surface area contributed by atoms with E-state index in [-0.39, 0.29) is 11.6 Å². The second-order valence-corrected chi connectivity index (χ2v) is 5.87. The quantitative estimate of drug-likeness (QED) is 0.748. The molecule has 1 aromatic heterocycles. The van der Waals surface area contributed by atoms with Crippen molar-refractivity contribution in [3.05, 3.63) is 77.0 Å². The van der Waals surface area contributed by atoms with Crippen LogP contribution in [-0.2, 0) is 0 Å². The average Bonchev–Trinajstić information content (AvgIpc) is 2.65. The van der Waals surface area contributed by atoms with Crippen molar-refractivity contribution in [2.45, 2.75) is 13.8 Å². The summed E-state index contributed by atoms with van der Waals surface area (Å²) < 4.78 is 0. The molecule has 0 unspecified atom stereocenters. The van der Waals surface area contributed by atoms with E-state index < -0.39 is 0 Å². The molecule has 1 heterocycles. The fourth-order valence-electron chi connectivity index (χ4n) is 2.35. The van der Waals surface area contributed by atoms with Crippen LogP contribution in [0.25, 0.3) is 0 Å². The van der Waals surface area contributed by atoms with E-state index in [1.165, 1.54) is 5.56 Å². The minimum atomic E-state index is -0.321. The van der Waals surface area contributed by atoms with Crippen LogP contribution in [-0.4, -0.2) is 16.1 Å². The number of nitrogens with one attached hydrogen (secondary N) is 2. The molecule has 0 aliphatic carbocycles. The molecule has 0 saturated heterocycles. The Morgan fingerprint density at radius 3 is 2.50 bits per heavy atom. The van der Waals surface area contributed by atoms with Gasteiger partial charge in [0, 0.05) is 11.4 Å². The van der Waals surface area contributed by atoms with Crippen LogP contribution in [0.15, 0.2) is 54.6 Å². The summed E-state index contributed by atoms with van der Waals surface area (Å²) >= 11 is 0. The largest absolute Gasteiger partial charge is 0.339 e. The number of amides is 1. The summed E-state index contributed by atoms with van der Waals surface area (Å²) in [7, 11) is 0. The highest BCUT2D eigenvalue weighted by Crippen LogP contribution is 2.17. The number of benzene rings is 2. The molecular weight excluding hydrogens is 326 g/mol. The van der Waals surface area contributed by atoms with Crippen LogP contribution >= 0.6 is 0 Å². The van der Waals surface area contributed by atoms with E-state index >= 15 is 0 Å². The Labute approximate surface area is 151 Å². The first-order valence-corrected chi connectivity index (χ1v) is 8.05. The highest BCUT2D eigenvalue weighted by atomic mass is 16.1. The molecule has 0 radical (unpaired) electrons. The van der Waals surface area contributed by atoms with Gasteiger partial charge in [0.15, 0.2) is 11.5 Å². The number of hydrogen-bond acceptors (Lipinski definition) is 5. The van der Waals surface area contributed by atoms with Gasteiger partial charge in [0.1, 0.15) is 0 Å². The predicted octanol–water partition coefficient (Wildman–Crippen LogP) is 3.96. The van der Waals surface area contributed by atoms with Gasteiger partial charge >= 0.3 is 0 Å². The molecule has 6 nitrogen and oxygen atoms in total. The lowest BCUT2D eigenvalue weighted by Gasteiger charge is -2.08. The Morgan fingerprint density at radius 2 is 1.81 bits per heavy atom. The molecule has 3 aromatic rings. The zero-order valence-corrected chi connectivity index (χ0v) is 14.4. The summed E-state index contributed by atoms with van der Waals surface area (Å²) in [5.41, 5.74) is 4.49. The van der Waals surface area contributed by atoms with Crippen molar-refractivity contribution in [3.8, 4) is 6.07 Å². The molecule has 0 aliphatic heterocycles. The van der Waals surface area contributed by atoms with Gasteiger partial charge in [-0.1, -0.05) is 12.1 Å². The number of carbonyl (C=O) groups is 1. The van der Waals surface area contributed by atoms with Gasteiger partial charge in [0.05, 0.1) is 11.6 Å². The Bertz CT molecular complexity index is 990. The zero-order valence-electron chi connectivity index (χ0n) is 14.4. The van der Waals surface area contributed by atoms with Crippen molar-refractivity contribution in [1.29, 1.82) is 5.26 Å². The van der Waals surface area contributed by atoms with Crippen LogP contribution in [0.3, 0.4) is 0 Å². The first-order chi connectivity index (χ1) is 12.5. The van der Waals surface area contributed by atoms with E-state index in [1.54, 1.807) is 30.3 Å². The van der Waals surface area contributed by atoms with Crippen molar-refractivity contribution >= 4 is 23.1 Å². The average molecular weight is 343 g/mol. The van der Waals surface area contributed by atoms with Crippen molar-refractivity contribution in [1.82, 2.24) is 10.2 Å². The fraction of sp³-hybridized carbons (Fsp3) is 0.100. The van der Waals surface area contributed by atoms with E-state index in [1.807, 2.05) is 38.1 Å². The molecule has 26 heavy (non-hydrogen) atoms. The Hall–Kier alpha value is -3.72. The Kier molecular flexibility index (Phi) is 4.90. The van der Waals surface area contributed by atoms with Gasteiger partial charge in [-0.15, -0.1) is 10.2 Å². The number of nitrogens with zero attached hydrogens (tertiary/aromatic N) is 3. The lowest BCUT2D eigenvalue weighted by atomic mass is 10.1. The van der Waals surface area contributed by atoms with Crippen molar-refractivity contribution in [2.24, 2.45) is 0 Å². The molecule has 2 aromatic carbocycles. The third kappa shape index (κ3) is 4.02. The number of hydrogen-bond donors (Lipinski definition) is 2. The maximum Gasteiger partial charge on any atom is 0.276 e. The maximum absolute atomic E-state index is 12.3. The third-order valence-electron chi connectivity index (χ3n) is 3.93. The Balaban J connectivity index is 1.69. The number of rotatable bonds is 4. The van der Waals surface area contributed by atoms with E-state index in [4.69, 9.17) is 5.26 Å². The number of anilines is 3. The van der Waals surface area contributed by atoms with Crippen molar-refractivity contribution < 1.29 is 4.79 Å². The predicted molar refractivity (Wildman–Crippen MR) is 100 cm³/mol. The highest BCUT2D eigenvalue weighted by Gasteiger charge is 2.09. The minimum absolute atomic E-state index is 0.222. The summed E-state index contributed by atoms with van der Waals surface area (Å²) in [6.45, 7) is 4.01. The summed E-state index contributed by atoms with van der Waals surface area (Å²) in [6, 6.07) is 18.1. The lowest BCUT2D eigenvalue weighted by molar-refractivity contribution is 0.102. The molecule has 6 heteroatoms. The number of aromatic nitrogens is 2. The molecule has 0 aliphatic rings. The molecular formula is C20H17N5O. The van der Waals surface area contributed by atoms with Gasteiger partial charge < -0.3 is 10.6 Å². The SMILES string of the molecule is Cc1ccc(NC(=O)c2ccc(Nc3cccc(C#N)c3)nn2)cc1C. The van der Waals surface area contributed by atoms with Crippen molar-refractivity contribution in [3.63, 3.8) is 0 Å². The molecule has 0 fully saturated rings. The number of aryl methyl sites for hydroxylation is 2. The monoisotopic (exact) mass is 343 g/mol. The van der Waals surface area contributed by atoms with Crippen molar-refractivity contribution in [2.75, 3.05) is 10.6 Å². The normalized spacial score (nSPS) is 10.0. The molecule has 0 atom stereocenters. The standard InChI is InChI=1S/C20H17N5O/c1-13-6-7-17(10-14(13)2)23-20(26)18-8-9-19(25-24-18)22-16-5-3-4-15(11-16)12-21/h3-11H,1-2H3,(H,22,25)(H,23,26). The van der Waals surface area contributed by atoms with Gasteiger partial charge in [-0.3, -0.25) is 4.79 Å². The third-order valence-corrected chi connectivity index (χ3v) is 3.93. The smallest absolute Gasteiger partial charge is 0.276 e. The number of carbonyl (C=O) groups excluding carboxylic acids is 1. The molecule has 128 valence electrons. The van der Waals surface area contributed by atoms with Gasteiger partial charge in [0.25, 0.3) is 5.91 Å². The van der Waals surface area contributed by atoms with Gasteiger partial charge in [-0.05, 0) is 67.4 Å².